The summed E-state index contributed by atoms with van der Waals surface area (Å²) in [7, 11) is 0. The summed E-state index contributed by atoms with van der Waals surface area (Å²) in [4.78, 5) is 11.3. The molecule has 0 spiro atoms. The molecule has 0 unspecified atom stereocenters. The van der Waals surface area contributed by atoms with Crippen LogP contribution in [0.25, 0.3) is 0 Å². The lowest BCUT2D eigenvalue weighted by molar-refractivity contribution is -0.120. The summed E-state index contributed by atoms with van der Waals surface area (Å²) in [6, 6.07) is 4.77. The molecule has 0 aliphatic heterocycles. The molecule has 1 aromatic rings. The van der Waals surface area contributed by atoms with Crippen molar-refractivity contribution in [3.05, 3.63) is 28.2 Å². The van der Waals surface area contributed by atoms with Gasteiger partial charge >= 0.3 is 0 Å². The molecule has 0 aliphatic rings. The highest BCUT2D eigenvalue weighted by molar-refractivity contribution is 6.35. The Bertz CT molecular complexity index is 371. The minimum Gasteiger partial charge on any atom is -0.394 e. The number of benzene rings is 1. The fourth-order valence-corrected chi connectivity index (χ4v) is 1.35. The summed E-state index contributed by atoms with van der Waals surface area (Å²) in [5.41, 5.74) is 0.437. The van der Waals surface area contributed by atoms with Gasteiger partial charge in [0.1, 0.15) is 6.61 Å². The normalized spacial score (nSPS) is 10.2. The van der Waals surface area contributed by atoms with Gasteiger partial charge in [0, 0.05) is 5.02 Å². The highest BCUT2D eigenvalue weighted by Gasteiger charge is 2.06. The Labute approximate surface area is 103 Å². The van der Waals surface area contributed by atoms with Crippen molar-refractivity contribution in [3.63, 3.8) is 0 Å². The standard InChI is InChI=1S/C10H11Cl2NO3/c11-7-1-2-8(12)9(5-7)13-10(15)6-16-4-3-14/h1-2,5,14H,3-4,6H2,(H,13,15). The molecule has 1 amide bonds. The summed E-state index contributed by atoms with van der Waals surface area (Å²) in [5.74, 6) is -0.349. The lowest BCUT2D eigenvalue weighted by Gasteiger charge is -2.07. The number of aliphatic hydroxyl groups excluding tert-OH is 1. The third kappa shape index (κ3) is 4.37. The van der Waals surface area contributed by atoms with Crippen molar-refractivity contribution in [2.75, 3.05) is 25.1 Å². The Hall–Kier alpha value is -0.810. The molecule has 1 rings (SSSR count). The number of carbonyl (C=O) groups is 1. The molecule has 0 bridgehead atoms. The third-order valence-electron chi connectivity index (χ3n) is 1.67. The number of aliphatic hydroxyl groups is 1. The quantitative estimate of drug-likeness (QED) is 0.799. The van der Waals surface area contributed by atoms with Gasteiger partial charge in [0.25, 0.3) is 0 Å². The van der Waals surface area contributed by atoms with Crippen molar-refractivity contribution in [2.24, 2.45) is 0 Å². The zero-order chi connectivity index (χ0) is 12.0. The SMILES string of the molecule is O=C(COCCO)Nc1cc(Cl)ccc1Cl. The number of anilines is 1. The second-order valence-electron chi connectivity index (χ2n) is 2.95. The van der Waals surface area contributed by atoms with Crippen molar-refractivity contribution in [2.45, 2.75) is 0 Å². The number of amides is 1. The summed E-state index contributed by atoms with van der Waals surface area (Å²) in [6.07, 6.45) is 0. The van der Waals surface area contributed by atoms with Gasteiger partial charge in [-0.05, 0) is 18.2 Å². The van der Waals surface area contributed by atoms with Gasteiger partial charge < -0.3 is 15.2 Å². The van der Waals surface area contributed by atoms with E-state index in [2.05, 4.69) is 5.32 Å². The van der Waals surface area contributed by atoms with Gasteiger partial charge in [0.15, 0.2) is 0 Å². The van der Waals surface area contributed by atoms with Crippen LogP contribution in [0.5, 0.6) is 0 Å². The van der Waals surface area contributed by atoms with E-state index >= 15 is 0 Å². The van der Waals surface area contributed by atoms with Gasteiger partial charge in [-0.3, -0.25) is 4.79 Å². The average Bonchev–Trinajstić information content (AvgIpc) is 2.24. The molecule has 16 heavy (non-hydrogen) atoms. The highest BCUT2D eigenvalue weighted by Crippen LogP contribution is 2.25. The molecule has 0 heterocycles. The molecule has 0 fully saturated rings. The molecule has 6 heteroatoms. The van der Waals surface area contributed by atoms with Crippen LogP contribution < -0.4 is 5.32 Å². The number of ether oxygens (including phenoxy) is 1. The van der Waals surface area contributed by atoms with Crippen LogP contribution in [0.3, 0.4) is 0 Å². The average molecular weight is 264 g/mol. The molecule has 0 aromatic heterocycles. The fourth-order valence-electron chi connectivity index (χ4n) is 1.01. The van der Waals surface area contributed by atoms with E-state index in [0.717, 1.165) is 0 Å². The third-order valence-corrected chi connectivity index (χ3v) is 2.24. The van der Waals surface area contributed by atoms with Crippen molar-refractivity contribution in [1.82, 2.24) is 0 Å². The zero-order valence-electron chi connectivity index (χ0n) is 8.37. The van der Waals surface area contributed by atoms with Crippen molar-refractivity contribution in [1.29, 1.82) is 0 Å². The second kappa shape index (κ2) is 6.70. The predicted octanol–water partition coefficient (Wildman–Crippen LogP) is 1.94. The zero-order valence-corrected chi connectivity index (χ0v) is 9.88. The number of hydrogen-bond acceptors (Lipinski definition) is 3. The highest BCUT2D eigenvalue weighted by atomic mass is 35.5. The van der Waals surface area contributed by atoms with Crippen LogP contribution in [-0.2, 0) is 9.53 Å². The van der Waals surface area contributed by atoms with Crippen LogP contribution in [-0.4, -0.2) is 30.8 Å². The van der Waals surface area contributed by atoms with Crippen molar-refractivity contribution < 1.29 is 14.6 Å². The maximum Gasteiger partial charge on any atom is 0.250 e. The summed E-state index contributed by atoms with van der Waals surface area (Å²) >= 11 is 11.6. The van der Waals surface area contributed by atoms with E-state index in [-0.39, 0.29) is 25.7 Å². The number of nitrogens with one attached hydrogen (secondary N) is 1. The predicted molar refractivity (Wildman–Crippen MR) is 63.0 cm³/mol. The van der Waals surface area contributed by atoms with Crippen LogP contribution in [0.1, 0.15) is 0 Å². The topological polar surface area (TPSA) is 58.6 Å². The largest absolute Gasteiger partial charge is 0.394 e. The number of hydrogen-bond donors (Lipinski definition) is 2. The monoisotopic (exact) mass is 263 g/mol. The van der Waals surface area contributed by atoms with Crippen molar-refractivity contribution >= 4 is 34.8 Å². The van der Waals surface area contributed by atoms with Crippen LogP contribution in [0, 0.1) is 0 Å². The van der Waals surface area contributed by atoms with Gasteiger partial charge in [0.2, 0.25) is 5.91 Å². The fraction of sp³-hybridized carbons (Fsp3) is 0.300. The minimum atomic E-state index is -0.349. The molecule has 4 nitrogen and oxygen atoms in total. The van der Waals surface area contributed by atoms with Gasteiger partial charge in [-0.25, -0.2) is 0 Å². The Balaban J connectivity index is 2.52. The summed E-state index contributed by atoms with van der Waals surface area (Å²) in [6.45, 7) is -0.134. The minimum absolute atomic E-state index is 0.120. The summed E-state index contributed by atoms with van der Waals surface area (Å²) < 4.78 is 4.85. The Morgan fingerprint density at radius 2 is 2.19 bits per heavy atom. The molecule has 0 radical (unpaired) electrons. The summed E-state index contributed by atoms with van der Waals surface area (Å²) in [5, 5.41) is 11.9. The van der Waals surface area contributed by atoms with Gasteiger partial charge in [-0.1, -0.05) is 23.2 Å². The molecule has 2 N–H and O–H groups in total. The van der Waals surface area contributed by atoms with E-state index in [9.17, 15) is 4.79 Å². The smallest absolute Gasteiger partial charge is 0.250 e. The first kappa shape index (κ1) is 13.3. The van der Waals surface area contributed by atoms with E-state index in [4.69, 9.17) is 33.0 Å². The molecule has 1 aromatic carbocycles. The molecule has 0 saturated heterocycles. The van der Waals surface area contributed by atoms with Gasteiger partial charge in [-0.2, -0.15) is 0 Å². The van der Waals surface area contributed by atoms with E-state index < -0.39 is 0 Å². The molecule has 88 valence electrons. The molecular formula is C10H11Cl2NO3. The maximum atomic E-state index is 11.3. The first-order valence-electron chi connectivity index (χ1n) is 4.57. The lowest BCUT2D eigenvalue weighted by atomic mass is 10.3. The first-order valence-corrected chi connectivity index (χ1v) is 5.32. The van der Waals surface area contributed by atoms with Gasteiger partial charge in [0.05, 0.1) is 23.9 Å². The van der Waals surface area contributed by atoms with E-state index in [1.807, 2.05) is 0 Å². The Kier molecular flexibility index (Phi) is 5.55. The van der Waals surface area contributed by atoms with Crippen LogP contribution in [0.2, 0.25) is 10.0 Å². The lowest BCUT2D eigenvalue weighted by Crippen LogP contribution is -2.19. The van der Waals surface area contributed by atoms with Crippen LogP contribution in [0.15, 0.2) is 18.2 Å². The molecular weight excluding hydrogens is 253 g/mol. The van der Waals surface area contributed by atoms with Crippen LogP contribution in [0.4, 0.5) is 5.69 Å². The Morgan fingerprint density at radius 1 is 1.44 bits per heavy atom. The maximum absolute atomic E-state index is 11.3. The number of rotatable bonds is 5. The van der Waals surface area contributed by atoms with E-state index in [1.165, 1.54) is 0 Å². The number of carbonyl (C=O) groups excluding carboxylic acids is 1. The van der Waals surface area contributed by atoms with Crippen LogP contribution >= 0.6 is 23.2 Å². The molecule has 0 aliphatic carbocycles. The number of halogens is 2. The molecule has 0 saturated carbocycles. The first-order chi connectivity index (χ1) is 7.63. The van der Waals surface area contributed by atoms with E-state index in [1.54, 1.807) is 18.2 Å². The van der Waals surface area contributed by atoms with Crippen molar-refractivity contribution in [3.8, 4) is 0 Å². The molecule has 0 atom stereocenters. The second-order valence-corrected chi connectivity index (χ2v) is 3.79. The van der Waals surface area contributed by atoms with E-state index in [0.29, 0.717) is 15.7 Å². The van der Waals surface area contributed by atoms with Gasteiger partial charge in [-0.15, -0.1) is 0 Å². The Morgan fingerprint density at radius 3 is 2.88 bits per heavy atom.